The Labute approximate surface area is 264 Å². The quantitative estimate of drug-likeness (QED) is 0.126. The summed E-state index contributed by atoms with van der Waals surface area (Å²) in [5, 5.41) is 0. The average Bonchev–Trinajstić information content (AvgIpc) is 3.38. The predicted octanol–water partition coefficient (Wildman–Crippen LogP) is 8.67. The Morgan fingerprint density at radius 3 is 1.72 bits per heavy atom. The Morgan fingerprint density at radius 2 is 1.13 bits per heavy atom. The van der Waals surface area contributed by atoms with Gasteiger partial charge in [-0.25, -0.2) is 4.90 Å². The first-order valence-corrected chi connectivity index (χ1v) is 14.5. The minimum atomic E-state index is -4.98. The molecule has 1 aliphatic carbocycles. The van der Waals surface area contributed by atoms with Gasteiger partial charge in [0, 0.05) is 11.1 Å². The number of carbonyl (C=O) groups is 4. The first-order chi connectivity index (χ1) is 21.9. The van der Waals surface area contributed by atoms with E-state index in [4.69, 9.17) is 0 Å². The molecule has 0 fully saturated rings. The summed E-state index contributed by atoms with van der Waals surface area (Å²) in [6.45, 7) is 5.68. The molecule has 5 nitrogen and oxygen atoms in total. The molecular formula is C36H25F6NO4. The molecule has 0 saturated carbocycles. The number of anilines is 1. The normalized spacial score (nSPS) is 17.7. The number of Topliss-reactive ketones (excluding diaryl/α,β-unsaturated/α-hetero) is 2. The molecule has 2 aliphatic rings. The number of hydrogen-bond donors (Lipinski definition) is 0. The molecule has 240 valence electrons. The monoisotopic (exact) mass is 649 g/mol. The van der Waals surface area contributed by atoms with Crippen molar-refractivity contribution < 1.29 is 45.5 Å². The third kappa shape index (κ3) is 4.78. The summed E-state index contributed by atoms with van der Waals surface area (Å²) in [7, 11) is 0. The van der Waals surface area contributed by atoms with Crippen LogP contribution in [0.25, 0.3) is 11.1 Å². The van der Waals surface area contributed by atoms with Gasteiger partial charge in [-0.3, -0.25) is 19.2 Å². The van der Waals surface area contributed by atoms with Crippen LogP contribution in [0.4, 0.5) is 32.0 Å². The van der Waals surface area contributed by atoms with Gasteiger partial charge in [-0.1, -0.05) is 48.0 Å². The molecule has 0 aromatic heterocycles. The highest BCUT2D eigenvalue weighted by Gasteiger charge is 2.55. The van der Waals surface area contributed by atoms with Crippen LogP contribution < -0.4 is 4.90 Å². The molecule has 47 heavy (non-hydrogen) atoms. The standard InChI is InChI=1S/C36H25F6NO4/c1-17-5-9-23(18(2)13-17)24-12-8-22(16-29(24)35(37,38)39)43-32(46)26-11-7-21(15-28(26)33(43)47)34(4,36(40,41)42)20-6-10-25-27(14-20)31(45)19(3)30(25)44/h5-16,19H,1-4H3. The van der Waals surface area contributed by atoms with Crippen molar-refractivity contribution in [1.82, 2.24) is 0 Å². The van der Waals surface area contributed by atoms with Crippen molar-refractivity contribution in [2.75, 3.05) is 4.90 Å². The number of hydrogen-bond acceptors (Lipinski definition) is 4. The van der Waals surface area contributed by atoms with Crippen molar-refractivity contribution in [3.63, 3.8) is 0 Å². The van der Waals surface area contributed by atoms with E-state index in [2.05, 4.69) is 0 Å². The second kappa shape index (κ2) is 10.5. The minimum absolute atomic E-state index is 0.0166. The lowest BCUT2D eigenvalue weighted by atomic mass is 9.74. The van der Waals surface area contributed by atoms with E-state index in [0.29, 0.717) is 22.1 Å². The molecule has 11 heteroatoms. The van der Waals surface area contributed by atoms with Crippen LogP contribution in [0.2, 0.25) is 0 Å². The molecule has 2 atom stereocenters. The number of amides is 2. The SMILES string of the molecule is Cc1ccc(-c2ccc(N3C(=O)c4ccc(C(C)(c5ccc6c(c5)C(=O)C(C)C6=O)C(F)(F)F)cc4C3=O)cc2C(F)(F)F)c(C)c1. The molecule has 4 aromatic rings. The Morgan fingerprint density at radius 1 is 0.596 bits per heavy atom. The van der Waals surface area contributed by atoms with Crippen LogP contribution in [-0.4, -0.2) is 29.6 Å². The second-order valence-electron chi connectivity index (χ2n) is 12.1. The summed E-state index contributed by atoms with van der Waals surface area (Å²) in [5.41, 5.74) is -4.37. The van der Waals surface area contributed by atoms with E-state index in [1.54, 1.807) is 32.0 Å². The van der Waals surface area contributed by atoms with Crippen molar-refractivity contribution in [2.24, 2.45) is 5.92 Å². The molecule has 0 bridgehead atoms. The number of nitrogens with zero attached hydrogens (tertiary/aromatic N) is 1. The Hall–Kier alpha value is -5.06. The molecular weight excluding hydrogens is 624 g/mol. The predicted molar refractivity (Wildman–Crippen MR) is 161 cm³/mol. The van der Waals surface area contributed by atoms with Crippen molar-refractivity contribution in [3.05, 3.63) is 123 Å². The first-order valence-electron chi connectivity index (χ1n) is 14.5. The van der Waals surface area contributed by atoms with Crippen molar-refractivity contribution in [1.29, 1.82) is 0 Å². The van der Waals surface area contributed by atoms with Crippen LogP contribution in [0.15, 0.2) is 72.8 Å². The molecule has 1 aliphatic heterocycles. The zero-order valence-corrected chi connectivity index (χ0v) is 25.4. The summed E-state index contributed by atoms with van der Waals surface area (Å²) >= 11 is 0. The molecule has 2 unspecified atom stereocenters. The number of ketones is 2. The lowest BCUT2D eigenvalue weighted by Crippen LogP contribution is -2.41. The Bertz CT molecular complexity index is 2060. The lowest BCUT2D eigenvalue weighted by Gasteiger charge is -2.33. The van der Waals surface area contributed by atoms with Gasteiger partial charge in [0.15, 0.2) is 11.6 Å². The molecule has 0 saturated heterocycles. The van der Waals surface area contributed by atoms with Crippen LogP contribution in [-0.2, 0) is 11.6 Å². The average molecular weight is 650 g/mol. The van der Waals surface area contributed by atoms with Crippen molar-refractivity contribution in [2.45, 2.75) is 45.5 Å². The molecule has 2 amide bonds. The summed E-state index contributed by atoms with van der Waals surface area (Å²) in [6, 6.07) is 14.2. The maximum Gasteiger partial charge on any atom is 0.417 e. The fourth-order valence-electron chi connectivity index (χ4n) is 6.40. The maximum atomic E-state index is 14.9. The zero-order valence-electron chi connectivity index (χ0n) is 25.4. The highest BCUT2D eigenvalue weighted by Crippen LogP contribution is 2.48. The fraction of sp³-hybridized carbons (Fsp3) is 0.222. The third-order valence-electron chi connectivity index (χ3n) is 9.18. The van der Waals surface area contributed by atoms with Gasteiger partial charge in [0.1, 0.15) is 5.41 Å². The van der Waals surface area contributed by atoms with Gasteiger partial charge in [-0.2, -0.15) is 26.3 Å². The largest absolute Gasteiger partial charge is 0.417 e. The number of alkyl halides is 6. The highest BCUT2D eigenvalue weighted by atomic mass is 19.4. The first kappa shape index (κ1) is 31.9. The number of halogens is 6. The topological polar surface area (TPSA) is 71.5 Å². The van der Waals surface area contributed by atoms with Gasteiger partial charge >= 0.3 is 12.4 Å². The van der Waals surface area contributed by atoms with Gasteiger partial charge in [0.05, 0.1) is 28.3 Å². The van der Waals surface area contributed by atoms with Crippen LogP contribution in [0.3, 0.4) is 0 Å². The van der Waals surface area contributed by atoms with Crippen LogP contribution in [0, 0.1) is 19.8 Å². The third-order valence-corrected chi connectivity index (χ3v) is 9.18. The minimum Gasteiger partial charge on any atom is -0.293 e. The van der Waals surface area contributed by atoms with Gasteiger partial charge in [-0.15, -0.1) is 0 Å². The van der Waals surface area contributed by atoms with Crippen LogP contribution in [0.1, 0.15) is 83.1 Å². The van der Waals surface area contributed by atoms with E-state index in [0.717, 1.165) is 48.9 Å². The van der Waals surface area contributed by atoms with Crippen molar-refractivity contribution in [3.8, 4) is 11.1 Å². The molecule has 4 aromatic carbocycles. The number of benzene rings is 4. The fourth-order valence-corrected chi connectivity index (χ4v) is 6.40. The van der Waals surface area contributed by atoms with E-state index in [1.165, 1.54) is 19.1 Å². The number of imide groups is 1. The Kier molecular flexibility index (Phi) is 7.11. The molecule has 0 radical (unpaired) electrons. The molecule has 0 N–H and O–H groups in total. The highest BCUT2D eigenvalue weighted by molar-refractivity contribution is 6.34. The van der Waals surface area contributed by atoms with Crippen molar-refractivity contribution >= 4 is 29.1 Å². The van der Waals surface area contributed by atoms with Crippen LogP contribution in [0.5, 0.6) is 0 Å². The van der Waals surface area contributed by atoms with Gasteiger partial charge in [-0.05, 0) is 85.8 Å². The van der Waals surface area contributed by atoms with E-state index < -0.39 is 69.4 Å². The number of aryl methyl sites for hydroxylation is 2. The summed E-state index contributed by atoms with van der Waals surface area (Å²) in [5.74, 6) is -4.22. The van der Waals surface area contributed by atoms with E-state index in [9.17, 15) is 45.5 Å². The van der Waals surface area contributed by atoms with E-state index in [1.807, 2.05) is 0 Å². The number of rotatable bonds is 4. The molecule has 6 rings (SSSR count). The maximum absolute atomic E-state index is 14.9. The number of carbonyl (C=O) groups excluding carboxylic acids is 4. The number of fused-ring (bicyclic) bond motifs is 2. The zero-order chi connectivity index (χ0) is 34.4. The van der Waals surface area contributed by atoms with E-state index >= 15 is 0 Å². The summed E-state index contributed by atoms with van der Waals surface area (Å²) in [6.07, 6.45) is -9.85. The van der Waals surface area contributed by atoms with Gasteiger partial charge in [0.25, 0.3) is 11.8 Å². The second-order valence-corrected chi connectivity index (χ2v) is 12.1. The van der Waals surface area contributed by atoms with Gasteiger partial charge in [0.2, 0.25) is 0 Å². The van der Waals surface area contributed by atoms with E-state index in [-0.39, 0.29) is 27.8 Å². The molecule has 1 heterocycles. The Balaban J connectivity index is 1.44. The summed E-state index contributed by atoms with van der Waals surface area (Å²) in [4.78, 5) is 52.6. The van der Waals surface area contributed by atoms with Gasteiger partial charge < -0.3 is 0 Å². The van der Waals surface area contributed by atoms with Crippen LogP contribution >= 0.6 is 0 Å². The molecule has 0 spiro atoms. The summed E-state index contributed by atoms with van der Waals surface area (Å²) < 4.78 is 87.8. The smallest absolute Gasteiger partial charge is 0.293 e. The lowest BCUT2D eigenvalue weighted by molar-refractivity contribution is -0.173.